The third kappa shape index (κ3) is 1.78. The van der Waals surface area contributed by atoms with Crippen molar-refractivity contribution in [3.05, 3.63) is 53.1 Å². The molecule has 5 nitrogen and oxygen atoms in total. The van der Waals surface area contributed by atoms with Crippen molar-refractivity contribution in [2.24, 2.45) is 0 Å². The molecule has 0 aromatic heterocycles. The molecular formula is C21H21NO4. The van der Waals surface area contributed by atoms with Gasteiger partial charge in [0.05, 0.1) is 12.6 Å². The van der Waals surface area contributed by atoms with Crippen molar-refractivity contribution >= 4 is 5.57 Å². The summed E-state index contributed by atoms with van der Waals surface area (Å²) in [5, 5.41) is 10.2. The van der Waals surface area contributed by atoms with Crippen LogP contribution in [0.4, 0.5) is 0 Å². The fraction of sp³-hybridized carbons (Fsp3) is 0.333. The largest absolute Gasteiger partial charge is 0.504 e. The highest BCUT2D eigenvalue weighted by atomic mass is 16.7. The fourth-order valence-electron chi connectivity index (χ4n) is 4.75. The Kier molecular flexibility index (Phi) is 3.10. The minimum Gasteiger partial charge on any atom is -0.504 e. The Labute approximate surface area is 152 Å². The topological polar surface area (TPSA) is 51.2 Å². The normalized spacial score (nSPS) is 23.2. The lowest BCUT2D eigenvalue weighted by molar-refractivity contribution is 0.162. The number of aromatic hydroxyl groups is 1. The lowest BCUT2D eigenvalue weighted by Crippen LogP contribution is -2.48. The van der Waals surface area contributed by atoms with Crippen molar-refractivity contribution in [1.82, 2.24) is 4.90 Å². The Balaban J connectivity index is 1.74. The molecule has 0 amide bonds. The second-order valence-corrected chi connectivity index (χ2v) is 7.19. The third-order valence-electron chi connectivity index (χ3n) is 6.12. The van der Waals surface area contributed by atoms with E-state index in [1.54, 1.807) is 7.11 Å². The van der Waals surface area contributed by atoms with E-state index >= 15 is 0 Å². The van der Waals surface area contributed by atoms with E-state index in [9.17, 15) is 5.11 Å². The van der Waals surface area contributed by atoms with Gasteiger partial charge >= 0.3 is 0 Å². The fourth-order valence-corrected chi connectivity index (χ4v) is 4.75. The number of methoxy groups -OCH3 is 1. The molecule has 2 aliphatic heterocycles. The van der Waals surface area contributed by atoms with Gasteiger partial charge in [-0.2, -0.15) is 0 Å². The Bertz CT molecular complexity index is 952. The quantitative estimate of drug-likeness (QED) is 0.856. The molecule has 1 aliphatic carbocycles. The molecule has 0 bridgehead atoms. The molecule has 1 N–H and O–H groups in total. The van der Waals surface area contributed by atoms with Gasteiger partial charge in [-0.25, -0.2) is 0 Å². The van der Waals surface area contributed by atoms with Gasteiger partial charge in [-0.1, -0.05) is 12.6 Å². The number of benzene rings is 2. The Morgan fingerprint density at radius 3 is 2.92 bits per heavy atom. The van der Waals surface area contributed by atoms with Gasteiger partial charge in [0.25, 0.3) is 0 Å². The van der Waals surface area contributed by atoms with E-state index in [2.05, 4.69) is 24.6 Å². The van der Waals surface area contributed by atoms with Crippen LogP contribution in [0.25, 0.3) is 5.57 Å². The first kappa shape index (κ1) is 15.6. The highest BCUT2D eigenvalue weighted by molar-refractivity contribution is 5.84. The SMILES string of the molecule is C=C1c2ccc3c(c2C[C@@]12c1cc(OC)c(O)cc1CCN2C)OCO3. The van der Waals surface area contributed by atoms with Crippen LogP contribution < -0.4 is 14.2 Å². The van der Waals surface area contributed by atoms with Gasteiger partial charge in [0.15, 0.2) is 23.0 Å². The number of nitrogens with zero attached hydrogens (tertiary/aromatic N) is 1. The van der Waals surface area contributed by atoms with E-state index in [0.29, 0.717) is 5.75 Å². The van der Waals surface area contributed by atoms with Crippen LogP contribution in [-0.2, 0) is 18.4 Å². The molecule has 0 unspecified atom stereocenters. The van der Waals surface area contributed by atoms with Crippen molar-refractivity contribution in [1.29, 1.82) is 0 Å². The number of phenols is 1. The van der Waals surface area contributed by atoms with Gasteiger partial charge in [-0.3, -0.25) is 4.90 Å². The van der Waals surface area contributed by atoms with E-state index < -0.39 is 0 Å². The van der Waals surface area contributed by atoms with E-state index in [-0.39, 0.29) is 18.1 Å². The monoisotopic (exact) mass is 351 g/mol. The van der Waals surface area contributed by atoms with E-state index in [4.69, 9.17) is 14.2 Å². The average molecular weight is 351 g/mol. The van der Waals surface area contributed by atoms with Crippen LogP contribution in [0.5, 0.6) is 23.0 Å². The second-order valence-electron chi connectivity index (χ2n) is 7.19. The molecule has 3 aliphatic rings. The van der Waals surface area contributed by atoms with E-state index in [1.807, 2.05) is 18.2 Å². The summed E-state index contributed by atoms with van der Waals surface area (Å²) in [4.78, 5) is 2.36. The smallest absolute Gasteiger partial charge is 0.231 e. The first-order chi connectivity index (χ1) is 12.6. The lowest BCUT2D eigenvalue weighted by atomic mass is 9.76. The molecular weight excluding hydrogens is 330 g/mol. The summed E-state index contributed by atoms with van der Waals surface area (Å²) >= 11 is 0. The molecule has 26 heavy (non-hydrogen) atoms. The van der Waals surface area contributed by atoms with Gasteiger partial charge in [-0.15, -0.1) is 0 Å². The first-order valence-electron chi connectivity index (χ1n) is 8.79. The molecule has 1 atom stereocenters. The number of hydrogen-bond donors (Lipinski definition) is 1. The second kappa shape index (κ2) is 5.17. The maximum Gasteiger partial charge on any atom is 0.231 e. The predicted molar refractivity (Wildman–Crippen MR) is 98.0 cm³/mol. The summed E-state index contributed by atoms with van der Waals surface area (Å²) in [7, 11) is 3.72. The standard InChI is InChI=1S/C21H21NO4/c1-12-14-4-5-18-20(26-11-25-18)15(14)10-21(12)16-9-19(24-3)17(23)8-13(16)6-7-22(21)2/h4-5,8-9,23H,1,6-7,10-11H2,2-3H3/t21-/m0/s1. The molecule has 0 saturated heterocycles. The van der Waals surface area contributed by atoms with Crippen LogP contribution >= 0.6 is 0 Å². The van der Waals surface area contributed by atoms with Crippen molar-refractivity contribution in [3.63, 3.8) is 0 Å². The summed E-state index contributed by atoms with van der Waals surface area (Å²) in [5.41, 5.74) is 5.26. The zero-order valence-electron chi connectivity index (χ0n) is 15.0. The molecule has 1 spiro atoms. The van der Waals surface area contributed by atoms with Crippen LogP contribution in [0.1, 0.15) is 22.3 Å². The maximum atomic E-state index is 10.2. The predicted octanol–water partition coefficient (Wildman–Crippen LogP) is 3.08. The Hall–Kier alpha value is -2.66. The highest BCUT2D eigenvalue weighted by Crippen LogP contribution is 2.57. The molecule has 5 heteroatoms. The minimum atomic E-state index is -0.363. The molecule has 134 valence electrons. The number of likely N-dealkylation sites (N-methyl/N-ethyl adjacent to an activating group) is 1. The molecule has 2 aromatic carbocycles. The van der Waals surface area contributed by atoms with Gasteiger partial charge in [0.1, 0.15) is 0 Å². The van der Waals surface area contributed by atoms with Crippen LogP contribution in [0, 0.1) is 0 Å². The van der Waals surface area contributed by atoms with Crippen LogP contribution in [-0.4, -0.2) is 37.5 Å². The number of rotatable bonds is 1. The van der Waals surface area contributed by atoms with Gasteiger partial charge in [-0.05, 0) is 53.9 Å². The Morgan fingerprint density at radius 1 is 1.27 bits per heavy atom. The third-order valence-corrected chi connectivity index (χ3v) is 6.12. The molecule has 5 rings (SSSR count). The van der Waals surface area contributed by atoms with Gasteiger partial charge in [0.2, 0.25) is 6.79 Å². The van der Waals surface area contributed by atoms with Crippen molar-refractivity contribution in [3.8, 4) is 23.0 Å². The summed E-state index contributed by atoms with van der Waals surface area (Å²) in [6.45, 7) is 5.64. The van der Waals surface area contributed by atoms with Crippen LogP contribution in [0.2, 0.25) is 0 Å². The zero-order chi connectivity index (χ0) is 18.1. The van der Waals surface area contributed by atoms with Crippen LogP contribution in [0.3, 0.4) is 0 Å². The Morgan fingerprint density at radius 2 is 2.12 bits per heavy atom. The van der Waals surface area contributed by atoms with Crippen molar-refractivity contribution in [2.75, 3.05) is 27.5 Å². The van der Waals surface area contributed by atoms with E-state index in [0.717, 1.165) is 58.7 Å². The summed E-state index contributed by atoms with van der Waals surface area (Å²) < 4.78 is 16.7. The minimum absolute atomic E-state index is 0.185. The average Bonchev–Trinajstić information content (AvgIpc) is 3.22. The van der Waals surface area contributed by atoms with Gasteiger partial charge in [0, 0.05) is 18.5 Å². The molecule has 2 heterocycles. The molecule has 2 aromatic rings. The van der Waals surface area contributed by atoms with Crippen LogP contribution in [0.15, 0.2) is 30.8 Å². The number of fused-ring (bicyclic) bond motifs is 5. The summed E-state index contributed by atoms with van der Waals surface area (Å²) in [6, 6.07) is 7.85. The molecule has 0 saturated carbocycles. The summed E-state index contributed by atoms with van der Waals surface area (Å²) in [6.07, 6.45) is 1.65. The number of phenolic OH excluding ortho intramolecular Hbond substituents is 1. The first-order valence-corrected chi connectivity index (χ1v) is 8.79. The van der Waals surface area contributed by atoms with E-state index in [1.165, 1.54) is 0 Å². The van der Waals surface area contributed by atoms with Gasteiger partial charge < -0.3 is 19.3 Å². The molecule has 0 radical (unpaired) electrons. The van der Waals surface area contributed by atoms with Crippen molar-refractivity contribution in [2.45, 2.75) is 18.4 Å². The number of ether oxygens (including phenoxy) is 3. The lowest BCUT2D eigenvalue weighted by Gasteiger charge is -2.45. The zero-order valence-corrected chi connectivity index (χ0v) is 15.0. The summed E-state index contributed by atoms with van der Waals surface area (Å²) in [5.74, 6) is 2.32. The van der Waals surface area contributed by atoms with Crippen molar-refractivity contribution < 1.29 is 19.3 Å². The maximum absolute atomic E-state index is 10.2. The number of hydrogen-bond acceptors (Lipinski definition) is 5. The molecule has 0 fully saturated rings. The highest BCUT2D eigenvalue weighted by Gasteiger charge is 2.50.